The molecule has 8 heteroatoms. The highest BCUT2D eigenvalue weighted by Crippen LogP contribution is 2.22. The number of hydrogen-bond acceptors (Lipinski definition) is 7. The van der Waals surface area contributed by atoms with E-state index in [1.807, 2.05) is 11.5 Å². The molecular formula is C9H9N5OS2. The van der Waals surface area contributed by atoms with Gasteiger partial charge in [0.15, 0.2) is 4.34 Å². The van der Waals surface area contributed by atoms with Gasteiger partial charge in [-0.25, -0.2) is 15.8 Å². The Morgan fingerprint density at radius 2 is 2.41 bits per heavy atom. The minimum atomic E-state index is -0.396. The van der Waals surface area contributed by atoms with Crippen molar-refractivity contribution in [3.8, 4) is 0 Å². The average Bonchev–Trinajstić information content (AvgIpc) is 2.89. The molecule has 0 aliphatic rings. The van der Waals surface area contributed by atoms with Crippen molar-refractivity contribution in [2.75, 3.05) is 0 Å². The standard InChI is InChI=1S/C9H9N5OS2/c10-14-8(15)7-3-1-2-6(13-7)4-16-9-11-5-12-17-9/h1-3,5H,4,10H2,(H,14,15). The number of nitrogens with zero attached hydrogens (tertiary/aromatic N) is 3. The second-order valence-corrected chi connectivity index (χ2v) is 4.99. The van der Waals surface area contributed by atoms with Crippen LogP contribution in [0.4, 0.5) is 0 Å². The summed E-state index contributed by atoms with van der Waals surface area (Å²) in [6.07, 6.45) is 1.51. The lowest BCUT2D eigenvalue weighted by atomic mass is 10.3. The molecule has 0 aliphatic carbocycles. The molecule has 0 bridgehead atoms. The number of nitrogens with two attached hydrogens (primary N) is 1. The van der Waals surface area contributed by atoms with Crippen molar-refractivity contribution in [3.05, 3.63) is 35.9 Å². The van der Waals surface area contributed by atoms with Gasteiger partial charge in [0.2, 0.25) is 0 Å². The smallest absolute Gasteiger partial charge is 0.283 e. The van der Waals surface area contributed by atoms with Crippen molar-refractivity contribution in [2.24, 2.45) is 5.84 Å². The molecule has 3 N–H and O–H groups in total. The van der Waals surface area contributed by atoms with Crippen LogP contribution in [0.15, 0.2) is 28.9 Å². The van der Waals surface area contributed by atoms with E-state index in [4.69, 9.17) is 5.84 Å². The topological polar surface area (TPSA) is 93.8 Å². The minimum absolute atomic E-state index is 0.308. The first-order chi connectivity index (χ1) is 8.29. The Hall–Kier alpha value is -1.51. The summed E-state index contributed by atoms with van der Waals surface area (Å²) in [5, 5.41) is 0. The lowest BCUT2D eigenvalue weighted by Crippen LogP contribution is -2.30. The van der Waals surface area contributed by atoms with Gasteiger partial charge >= 0.3 is 0 Å². The van der Waals surface area contributed by atoms with E-state index in [2.05, 4.69) is 14.3 Å². The molecule has 2 rings (SSSR count). The van der Waals surface area contributed by atoms with Crippen LogP contribution in [0.25, 0.3) is 0 Å². The fourth-order valence-electron chi connectivity index (χ4n) is 1.12. The minimum Gasteiger partial charge on any atom is -0.289 e. The number of carbonyl (C=O) groups excluding carboxylic acids is 1. The third kappa shape index (κ3) is 3.22. The Labute approximate surface area is 106 Å². The third-order valence-corrected chi connectivity index (χ3v) is 3.69. The number of carbonyl (C=O) groups is 1. The Bertz CT molecular complexity index is 502. The van der Waals surface area contributed by atoms with Gasteiger partial charge in [0.05, 0.1) is 5.69 Å². The van der Waals surface area contributed by atoms with Gasteiger partial charge < -0.3 is 0 Å². The largest absolute Gasteiger partial charge is 0.289 e. The number of hydrogen-bond donors (Lipinski definition) is 2. The number of amides is 1. The van der Waals surface area contributed by atoms with Crippen molar-refractivity contribution < 1.29 is 4.79 Å². The fourth-order valence-corrected chi connectivity index (χ4v) is 2.47. The van der Waals surface area contributed by atoms with Gasteiger partial charge in [-0.3, -0.25) is 10.2 Å². The van der Waals surface area contributed by atoms with Gasteiger partial charge in [0.25, 0.3) is 5.91 Å². The molecule has 88 valence electrons. The number of nitrogens with one attached hydrogen (secondary N) is 1. The van der Waals surface area contributed by atoms with Crippen LogP contribution >= 0.6 is 23.3 Å². The second kappa shape index (κ2) is 5.71. The summed E-state index contributed by atoms with van der Waals surface area (Å²) in [5.74, 6) is 5.29. The van der Waals surface area contributed by atoms with E-state index in [1.165, 1.54) is 29.6 Å². The Balaban J connectivity index is 2.03. The summed E-state index contributed by atoms with van der Waals surface area (Å²) in [6.45, 7) is 0. The van der Waals surface area contributed by atoms with E-state index in [1.54, 1.807) is 12.1 Å². The molecule has 0 spiro atoms. The van der Waals surface area contributed by atoms with Crippen LogP contribution in [0.5, 0.6) is 0 Å². The van der Waals surface area contributed by atoms with Crippen LogP contribution in [-0.2, 0) is 5.75 Å². The number of aromatic nitrogens is 3. The van der Waals surface area contributed by atoms with Crippen molar-refractivity contribution in [1.82, 2.24) is 19.8 Å². The number of nitrogen functional groups attached to an aromatic ring is 1. The zero-order chi connectivity index (χ0) is 12.1. The molecule has 2 heterocycles. The summed E-state index contributed by atoms with van der Waals surface area (Å²) < 4.78 is 4.78. The third-order valence-electron chi connectivity index (χ3n) is 1.86. The highest BCUT2D eigenvalue weighted by molar-refractivity contribution is 8.00. The highest BCUT2D eigenvalue weighted by atomic mass is 32.2. The summed E-state index contributed by atoms with van der Waals surface area (Å²) in [6, 6.07) is 5.23. The maximum absolute atomic E-state index is 11.3. The summed E-state index contributed by atoms with van der Waals surface area (Å²) in [7, 11) is 0. The normalized spacial score (nSPS) is 10.2. The monoisotopic (exact) mass is 267 g/mol. The molecule has 6 nitrogen and oxygen atoms in total. The van der Waals surface area contributed by atoms with E-state index in [0.717, 1.165) is 10.0 Å². The lowest BCUT2D eigenvalue weighted by molar-refractivity contribution is 0.0948. The van der Waals surface area contributed by atoms with Crippen molar-refractivity contribution in [1.29, 1.82) is 0 Å². The SMILES string of the molecule is NNC(=O)c1cccc(CSc2ncns2)n1. The van der Waals surface area contributed by atoms with E-state index < -0.39 is 5.91 Å². The van der Waals surface area contributed by atoms with Gasteiger partial charge in [-0.2, -0.15) is 4.37 Å². The van der Waals surface area contributed by atoms with E-state index in [0.29, 0.717) is 11.4 Å². The number of hydrazine groups is 1. The molecule has 2 aromatic rings. The van der Waals surface area contributed by atoms with Crippen LogP contribution in [0, 0.1) is 0 Å². The molecule has 0 saturated carbocycles. The maximum Gasteiger partial charge on any atom is 0.283 e. The first kappa shape index (κ1) is 12.0. The van der Waals surface area contributed by atoms with E-state index in [9.17, 15) is 4.79 Å². The van der Waals surface area contributed by atoms with Gasteiger partial charge in [-0.1, -0.05) is 17.8 Å². The Morgan fingerprint density at radius 1 is 1.53 bits per heavy atom. The number of pyridine rings is 1. The average molecular weight is 267 g/mol. The predicted octanol–water partition coefficient (Wildman–Crippen LogP) is 0.829. The molecule has 0 aromatic carbocycles. The molecule has 1 amide bonds. The summed E-state index contributed by atoms with van der Waals surface area (Å²) in [4.78, 5) is 19.5. The van der Waals surface area contributed by atoms with Crippen molar-refractivity contribution in [3.63, 3.8) is 0 Å². The zero-order valence-corrected chi connectivity index (χ0v) is 10.3. The van der Waals surface area contributed by atoms with Gasteiger partial charge in [-0.15, -0.1) is 0 Å². The molecule has 0 unspecified atom stereocenters. The van der Waals surface area contributed by atoms with Crippen LogP contribution in [0.3, 0.4) is 0 Å². The quantitative estimate of drug-likeness (QED) is 0.369. The molecule has 2 aromatic heterocycles. The van der Waals surface area contributed by atoms with Crippen molar-refractivity contribution >= 4 is 29.2 Å². The van der Waals surface area contributed by atoms with Crippen LogP contribution in [-0.4, -0.2) is 20.2 Å². The fraction of sp³-hybridized carbons (Fsp3) is 0.111. The Morgan fingerprint density at radius 3 is 3.12 bits per heavy atom. The molecule has 17 heavy (non-hydrogen) atoms. The molecular weight excluding hydrogens is 258 g/mol. The molecule has 0 atom stereocenters. The summed E-state index contributed by atoms with van der Waals surface area (Å²) in [5.41, 5.74) is 3.16. The molecule has 0 radical (unpaired) electrons. The number of rotatable bonds is 4. The number of thioether (sulfide) groups is 1. The lowest BCUT2D eigenvalue weighted by Gasteiger charge is -2.01. The van der Waals surface area contributed by atoms with Gasteiger partial charge in [0, 0.05) is 5.75 Å². The first-order valence-electron chi connectivity index (χ1n) is 4.66. The van der Waals surface area contributed by atoms with Crippen LogP contribution in [0.1, 0.15) is 16.2 Å². The van der Waals surface area contributed by atoms with Crippen LogP contribution < -0.4 is 11.3 Å². The summed E-state index contributed by atoms with van der Waals surface area (Å²) >= 11 is 2.86. The van der Waals surface area contributed by atoms with Crippen molar-refractivity contribution in [2.45, 2.75) is 10.1 Å². The first-order valence-corrected chi connectivity index (χ1v) is 6.42. The molecule has 0 saturated heterocycles. The highest BCUT2D eigenvalue weighted by Gasteiger charge is 2.06. The predicted molar refractivity (Wildman–Crippen MR) is 65.4 cm³/mol. The molecule has 0 fully saturated rings. The Kier molecular flexibility index (Phi) is 4.02. The maximum atomic E-state index is 11.3. The van der Waals surface area contributed by atoms with Crippen LogP contribution in [0.2, 0.25) is 0 Å². The van der Waals surface area contributed by atoms with Gasteiger partial charge in [0.1, 0.15) is 12.0 Å². The van der Waals surface area contributed by atoms with Gasteiger partial charge in [-0.05, 0) is 23.7 Å². The van der Waals surface area contributed by atoms with E-state index >= 15 is 0 Å². The molecule has 0 aliphatic heterocycles. The van der Waals surface area contributed by atoms with E-state index in [-0.39, 0.29) is 0 Å². The zero-order valence-electron chi connectivity index (χ0n) is 8.66. The second-order valence-electron chi connectivity index (χ2n) is 2.98.